The fourth-order valence-corrected chi connectivity index (χ4v) is 13.4. The number of rotatable bonds is 10. The second kappa shape index (κ2) is 23.2. The molecule has 0 bridgehead atoms. The molecule has 0 radical (unpaired) electrons. The summed E-state index contributed by atoms with van der Waals surface area (Å²) in [5.41, 5.74) is 7.28. The standard InChI is InChI=1S/C50H73NO8Si2/c1-37-25-17-13-23-31-43(57-48(51)54)44(59-61(50(7,8)9,41-27-19-15-20-28-41)42-29-21-16-22-30-42)34-33-40(58-60(11,12)49(4,5)6)26-18-14-24-32-46(52)56-45(35-37)38(2)36-39(3)47(53)55-10/h13,15-17,19-22,24-25,27-30,32-34,36,38,40,43-45H,14,18,23,26,31,35H2,1-12H3,(H2,51,54)/b17-13+,32-24+,34-33+,37-25+,39-36+/t38-,40+,43+,44+,45-/m1/s1. The van der Waals surface area contributed by atoms with Gasteiger partial charge in [0.2, 0.25) is 0 Å². The van der Waals surface area contributed by atoms with E-state index in [-0.39, 0.29) is 22.1 Å². The first kappa shape index (κ1) is 51.1. The number of benzene rings is 2. The van der Waals surface area contributed by atoms with Crippen LogP contribution in [0.15, 0.2) is 120 Å². The van der Waals surface area contributed by atoms with Crippen LogP contribution in [-0.2, 0) is 32.7 Å². The number of nitrogens with two attached hydrogens (primary N) is 1. The van der Waals surface area contributed by atoms with Crippen molar-refractivity contribution in [2.75, 3.05) is 7.11 Å². The van der Waals surface area contributed by atoms with Crippen LogP contribution in [0.1, 0.15) is 101 Å². The largest absolute Gasteiger partial charge is 0.466 e. The lowest BCUT2D eigenvalue weighted by molar-refractivity contribution is -0.144. The maximum atomic E-state index is 13.2. The first-order valence-corrected chi connectivity index (χ1v) is 26.5. The minimum Gasteiger partial charge on any atom is -0.466 e. The van der Waals surface area contributed by atoms with Gasteiger partial charge >= 0.3 is 18.0 Å². The maximum Gasteiger partial charge on any atom is 0.404 e. The van der Waals surface area contributed by atoms with E-state index in [9.17, 15) is 14.4 Å². The second-order valence-electron chi connectivity index (χ2n) is 18.8. The summed E-state index contributed by atoms with van der Waals surface area (Å²) in [5, 5.41) is 1.82. The number of allylic oxidation sites excluding steroid dienone is 4. The molecule has 0 unspecified atom stereocenters. The summed E-state index contributed by atoms with van der Waals surface area (Å²) in [7, 11) is -4.08. The Balaban J connectivity index is 2.22. The Morgan fingerprint density at radius 3 is 2.02 bits per heavy atom. The molecule has 1 aliphatic rings. The first-order valence-electron chi connectivity index (χ1n) is 21.7. The SMILES string of the molecule is COC(=O)/C(C)=C/[C@@H](C)[C@H]1C/C(C)=C/C=C/CC[C@H](OC(N)=O)[C@@H](O[Si](c2ccccc2)(c2ccccc2)C(C)(C)C)/C=C/[C@@H](O[Si](C)(C)C(C)(C)C)CCC/C=C/C(=O)O1. The smallest absolute Gasteiger partial charge is 0.404 e. The van der Waals surface area contributed by atoms with Crippen molar-refractivity contribution < 1.29 is 37.4 Å². The highest BCUT2D eigenvalue weighted by Gasteiger charge is 2.52. The third-order valence-electron chi connectivity index (χ3n) is 11.8. The molecular weight excluding hydrogens is 799 g/mol. The number of cyclic esters (lactones) is 1. The molecule has 5 atom stereocenters. The van der Waals surface area contributed by atoms with Crippen molar-refractivity contribution in [2.45, 2.75) is 148 Å². The molecule has 2 aromatic rings. The van der Waals surface area contributed by atoms with Crippen molar-refractivity contribution in [3.63, 3.8) is 0 Å². The first-order chi connectivity index (χ1) is 28.6. The van der Waals surface area contributed by atoms with E-state index in [1.807, 2.05) is 56.4 Å². The van der Waals surface area contributed by atoms with Gasteiger partial charge < -0.3 is 28.8 Å². The summed E-state index contributed by atoms with van der Waals surface area (Å²) in [5.74, 6) is -1.12. The maximum absolute atomic E-state index is 13.2. The highest BCUT2D eigenvalue weighted by Crippen LogP contribution is 2.40. The zero-order valence-electron chi connectivity index (χ0n) is 38.9. The molecule has 3 rings (SSSR count). The van der Waals surface area contributed by atoms with E-state index >= 15 is 0 Å². The van der Waals surface area contributed by atoms with E-state index in [0.29, 0.717) is 37.7 Å². The molecule has 2 N–H and O–H groups in total. The predicted molar refractivity (Wildman–Crippen MR) is 253 cm³/mol. The fourth-order valence-electron chi connectivity index (χ4n) is 7.40. The van der Waals surface area contributed by atoms with Crippen LogP contribution in [0.5, 0.6) is 0 Å². The lowest BCUT2D eigenvalue weighted by Gasteiger charge is -2.45. The van der Waals surface area contributed by atoms with E-state index in [0.717, 1.165) is 22.4 Å². The minimum atomic E-state index is -3.15. The van der Waals surface area contributed by atoms with Gasteiger partial charge in [-0.3, -0.25) is 0 Å². The molecule has 0 fully saturated rings. The lowest BCUT2D eigenvalue weighted by atomic mass is 9.95. The molecule has 334 valence electrons. The summed E-state index contributed by atoms with van der Waals surface area (Å²) in [6, 6.07) is 20.8. The molecule has 0 aliphatic carbocycles. The zero-order chi connectivity index (χ0) is 45.4. The van der Waals surface area contributed by atoms with E-state index in [1.54, 1.807) is 13.0 Å². The number of amides is 1. The molecule has 11 heteroatoms. The van der Waals surface area contributed by atoms with Crippen LogP contribution in [0.2, 0.25) is 23.2 Å². The van der Waals surface area contributed by atoms with Crippen LogP contribution in [0.4, 0.5) is 4.79 Å². The molecule has 0 saturated carbocycles. The Morgan fingerprint density at radius 2 is 1.48 bits per heavy atom. The van der Waals surface area contributed by atoms with Crippen molar-refractivity contribution in [1.29, 1.82) is 0 Å². The summed E-state index contributed by atoms with van der Waals surface area (Å²) >= 11 is 0. The number of hydrogen-bond donors (Lipinski definition) is 1. The number of hydrogen-bond acceptors (Lipinski definition) is 8. The molecule has 0 aromatic heterocycles. The Hall–Kier alpha value is -4.30. The number of esters is 2. The van der Waals surface area contributed by atoms with Gasteiger partial charge in [0.15, 0.2) is 8.32 Å². The van der Waals surface area contributed by atoms with Gasteiger partial charge in [0.05, 0.1) is 13.2 Å². The van der Waals surface area contributed by atoms with Gasteiger partial charge in [0, 0.05) is 24.0 Å². The lowest BCUT2D eigenvalue weighted by Crippen LogP contribution is -2.68. The Bertz CT molecular complexity index is 1830. The molecule has 1 amide bonds. The summed E-state index contributed by atoms with van der Waals surface area (Å²) in [4.78, 5) is 38.2. The number of ether oxygens (including phenoxy) is 3. The van der Waals surface area contributed by atoms with E-state index < -0.39 is 53.0 Å². The van der Waals surface area contributed by atoms with Gasteiger partial charge in [-0.2, -0.15) is 0 Å². The van der Waals surface area contributed by atoms with Gasteiger partial charge in [0.25, 0.3) is 8.32 Å². The molecule has 0 saturated heterocycles. The van der Waals surface area contributed by atoms with Crippen molar-refractivity contribution in [3.05, 3.63) is 120 Å². The Kier molecular flexibility index (Phi) is 19.4. The Labute approximate surface area is 368 Å². The summed E-state index contributed by atoms with van der Waals surface area (Å²) in [6.45, 7) is 23.4. The summed E-state index contributed by atoms with van der Waals surface area (Å²) < 4.78 is 31.7. The molecule has 2 aromatic carbocycles. The van der Waals surface area contributed by atoms with Crippen molar-refractivity contribution in [2.24, 2.45) is 11.7 Å². The number of primary amides is 1. The molecule has 9 nitrogen and oxygen atoms in total. The van der Waals surface area contributed by atoms with Crippen LogP contribution in [0.25, 0.3) is 0 Å². The molecule has 61 heavy (non-hydrogen) atoms. The van der Waals surface area contributed by atoms with Gasteiger partial charge in [-0.15, -0.1) is 0 Å². The fraction of sp³-hybridized carbons (Fsp3) is 0.500. The van der Waals surface area contributed by atoms with Crippen molar-refractivity contribution >= 4 is 45.0 Å². The van der Waals surface area contributed by atoms with Gasteiger partial charge in [-0.05, 0) is 79.5 Å². The molecular formula is C50H73NO8Si2. The normalized spacial score (nSPS) is 23.9. The number of carbonyl (C=O) groups excluding carboxylic acids is 3. The van der Waals surface area contributed by atoms with Gasteiger partial charge in [-0.1, -0.05) is 157 Å². The number of carbonyl (C=O) groups is 3. The van der Waals surface area contributed by atoms with Crippen LogP contribution >= 0.6 is 0 Å². The van der Waals surface area contributed by atoms with Crippen LogP contribution in [0, 0.1) is 5.92 Å². The van der Waals surface area contributed by atoms with Crippen LogP contribution in [0.3, 0.4) is 0 Å². The van der Waals surface area contributed by atoms with Crippen molar-refractivity contribution in [3.8, 4) is 0 Å². The van der Waals surface area contributed by atoms with E-state index in [1.165, 1.54) is 13.2 Å². The third kappa shape index (κ3) is 15.2. The van der Waals surface area contributed by atoms with Gasteiger partial charge in [-0.25, -0.2) is 14.4 Å². The summed E-state index contributed by atoms with van der Waals surface area (Å²) in [6.07, 6.45) is 15.7. The monoisotopic (exact) mass is 871 g/mol. The molecule has 1 heterocycles. The third-order valence-corrected chi connectivity index (χ3v) is 21.3. The topological polar surface area (TPSA) is 123 Å². The van der Waals surface area contributed by atoms with E-state index in [4.69, 9.17) is 28.8 Å². The van der Waals surface area contributed by atoms with Crippen LogP contribution < -0.4 is 16.1 Å². The number of methoxy groups -OCH3 is 1. The quantitative estimate of drug-likeness (QED) is 0.0823. The molecule has 0 spiro atoms. The zero-order valence-corrected chi connectivity index (χ0v) is 40.9. The van der Waals surface area contributed by atoms with Crippen LogP contribution in [-0.4, -0.2) is 66.2 Å². The average Bonchev–Trinajstić information content (AvgIpc) is 3.18. The molecule has 1 aliphatic heterocycles. The van der Waals surface area contributed by atoms with Gasteiger partial charge in [0.1, 0.15) is 18.3 Å². The van der Waals surface area contributed by atoms with Crippen molar-refractivity contribution in [1.82, 2.24) is 0 Å². The minimum absolute atomic E-state index is 0.0480. The van der Waals surface area contributed by atoms with E-state index in [2.05, 4.69) is 109 Å². The average molecular weight is 872 g/mol. The Morgan fingerprint density at radius 1 is 0.869 bits per heavy atom. The second-order valence-corrected chi connectivity index (χ2v) is 27.8. The highest BCUT2D eigenvalue weighted by atomic mass is 28.4. The highest BCUT2D eigenvalue weighted by molar-refractivity contribution is 6.99. The predicted octanol–water partition coefficient (Wildman–Crippen LogP) is 10.4.